The molecule has 0 radical (unpaired) electrons. The van der Waals surface area contributed by atoms with Crippen molar-refractivity contribution < 1.29 is 13.2 Å². The summed E-state index contributed by atoms with van der Waals surface area (Å²) in [5.41, 5.74) is 1.92. The van der Waals surface area contributed by atoms with Gasteiger partial charge in [-0.2, -0.15) is 13.2 Å². The molecule has 0 N–H and O–H groups in total. The molecule has 0 heterocycles. The van der Waals surface area contributed by atoms with E-state index in [1.165, 1.54) is 23.8 Å². The summed E-state index contributed by atoms with van der Waals surface area (Å²) >= 11 is 12.0. The number of alkyl halides is 3. The number of benzene rings is 2. The van der Waals surface area contributed by atoms with Gasteiger partial charge in [0.05, 0.1) is 5.41 Å². The average molecular weight is 427 g/mol. The minimum atomic E-state index is -4.42. The Hall–Kier alpha value is -1.45. The Morgan fingerprint density at radius 1 is 0.929 bits per heavy atom. The zero-order valence-corrected chi connectivity index (χ0v) is 17.9. The van der Waals surface area contributed by atoms with Crippen molar-refractivity contribution in [2.75, 3.05) is 0 Å². The van der Waals surface area contributed by atoms with Gasteiger partial charge in [0, 0.05) is 10.0 Å². The van der Waals surface area contributed by atoms with Crippen molar-refractivity contribution in [2.45, 2.75) is 57.5 Å². The largest absolute Gasteiger partial charge is 0.399 e. The summed E-state index contributed by atoms with van der Waals surface area (Å²) in [7, 11) is 0. The normalized spacial score (nSPS) is 20.4. The van der Waals surface area contributed by atoms with Gasteiger partial charge in [-0.1, -0.05) is 68.2 Å². The van der Waals surface area contributed by atoms with Crippen molar-refractivity contribution >= 4 is 28.8 Å². The molecule has 1 aliphatic rings. The molecule has 0 saturated carbocycles. The Balaban J connectivity index is 2.01. The Bertz CT molecular complexity index is 916. The first-order chi connectivity index (χ1) is 12.8. The fourth-order valence-electron chi connectivity index (χ4n) is 4.12. The van der Waals surface area contributed by atoms with Crippen molar-refractivity contribution in [2.24, 2.45) is 0 Å². The number of hydrogen-bond acceptors (Lipinski definition) is 0. The molecule has 1 atom stereocenters. The first-order valence-corrected chi connectivity index (χ1v) is 9.93. The topological polar surface area (TPSA) is 0 Å². The summed E-state index contributed by atoms with van der Waals surface area (Å²) in [6.45, 7) is 8.39. The van der Waals surface area contributed by atoms with E-state index in [4.69, 9.17) is 23.2 Å². The highest BCUT2D eigenvalue weighted by Crippen LogP contribution is 2.54. The predicted molar refractivity (Wildman–Crippen MR) is 111 cm³/mol. The molecule has 0 aromatic heterocycles. The van der Waals surface area contributed by atoms with Gasteiger partial charge in [-0.3, -0.25) is 0 Å². The van der Waals surface area contributed by atoms with Gasteiger partial charge < -0.3 is 0 Å². The van der Waals surface area contributed by atoms with E-state index >= 15 is 0 Å². The average Bonchev–Trinajstić information content (AvgIpc) is 2.99. The number of allylic oxidation sites excluding steroid dienone is 2. The SMILES string of the molecule is Cc1cc(C2=CCC(c3cc(Cl)cc(Cl)c3)(C(F)(F)F)C2)ccc1C(C)(C)C. The number of halogens is 5. The van der Waals surface area contributed by atoms with Crippen LogP contribution in [0.25, 0.3) is 5.57 Å². The van der Waals surface area contributed by atoms with E-state index in [0.29, 0.717) is 5.57 Å². The van der Waals surface area contributed by atoms with Crippen LogP contribution in [-0.2, 0) is 10.8 Å². The molecule has 2 aromatic rings. The molecular weight excluding hydrogens is 404 g/mol. The number of rotatable bonds is 2. The van der Waals surface area contributed by atoms with E-state index in [-0.39, 0.29) is 33.9 Å². The molecule has 1 aliphatic carbocycles. The van der Waals surface area contributed by atoms with Gasteiger partial charge in [-0.25, -0.2) is 0 Å². The standard InChI is InChI=1S/C23H23Cl2F3/c1-14-9-15(5-6-20(14)21(2,3)4)16-7-8-22(13-16,23(26,27)28)17-10-18(24)12-19(25)11-17/h5-7,9-12H,8,13H2,1-4H3. The lowest BCUT2D eigenvalue weighted by atomic mass is 9.76. The highest BCUT2D eigenvalue weighted by atomic mass is 35.5. The van der Waals surface area contributed by atoms with E-state index in [2.05, 4.69) is 20.8 Å². The van der Waals surface area contributed by atoms with Crippen molar-refractivity contribution in [1.29, 1.82) is 0 Å². The summed E-state index contributed by atoms with van der Waals surface area (Å²) in [6.07, 6.45) is -2.96. The molecule has 28 heavy (non-hydrogen) atoms. The van der Waals surface area contributed by atoms with Crippen LogP contribution in [0.3, 0.4) is 0 Å². The molecule has 0 nitrogen and oxygen atoms in total. The van der Waals surface area contributed by atoms with Gasteiger partial charge in [-0.15, -0.1) is 0 Å². The summed E-state index contributed by atoms with van der Waals surface area (Å²) in [6, 6.07) is 10.2. The Labute approximate surface area is 174 Å². The van der Waals surface area contributed by atoms with Gasteiger partial charge in [-0.05, 0) is 71.2 Å². The smallest absolute Gasteiger partial charge is 0.170 e. The molecule has 3 rings (SSSR count). The van der Waals surface area contributed by atoms with Crippen LogP contribution in [0.2, 0.25) is 10.0 Å². The minimum Gasteiger partial charge on any atom is -0.170 e. The fourth-order valence-corrected chi connectivity index (χ4v) is 4.65. The second-order valence-electron chi connectivity index (χ2n) is 8.63. The molecule has 1 unspecified atom stereocenters. The Kier molecular flexibility index (Phi) is 5.40. The zero-order valence-electron chi connectivity index (χ0n) is 16.3. The van der Waals surface area contributed by atoms with Crippen LogP contribution in [0.4, 0.5) is 13.2 Å². The lowest BCUT2D eigenvalue weighted by Gasteiger charge is -2.33. The fraction of sp³-hybridized carbons (Fsp3) is 0.391. The second-order valence-corrected chi connectivity index (χ2v) is 9.50. The van der Waals surface area contributed by atoms with E-state index in [9.17, 15) is 13.2 Å². The molecule has 0 bridgehead atoms. The second kappa shape index (κ2) is 7.11. The molecule has 0 aliphatic heterocycles. The molecular formula is C23H23Cl2F3. The van der Waals surface area contributed by atoms with Gasteiger partial charge in [0.1, 0.15) is 0 Å². The monoisotopic (exact) mass is 426 g/mol. The van der Waals surface area contributed by atoms with Crippen LogP contribution in [0.5, 0.6) is 0 Å². The third-order valence-corrected chi connectivity index (χ3v) is 5.99. The van der Waals surface area contributed by atoms with Gasteiger partial charge in [0.2, 0.25) is 0 Å². The van der Waals surface area contributed by atoms with Gasteiger partial charge >= 0.3 is 6.18 Å². The molecule has 5 heteroatoms. The maximum Gasteiger partial charge on any atom is 0.399 e. The van der Waals surface area contributed by atoms with Crippen LogP contribution in [0, 0.1) is 6.92 Å². The first kappa shape index (κ1) is 21.3. The lowest BCUT2D eigenvalue weighted by Crippen LogP contribution is -2.40. The predicted octanol–water partition coefficient (Wildman–Crippen LogP) is 8.28. The maximum atomic E-state index is 14.2. The van der Waals surface area contributed by atoms with Crippen molar-refractivity contribution in [1.82, 2.24) is 0 Å². The van der Waals surface area contributed by atoms with Crippen molar-refractivity contribution in [3.63, 3.8) is 0 Å². The third kappa shape index (κ3) is 3.84. The quantitative estimate of drug-likeness (QED) is 0.452. The molecule has 2 aromatic carbocycles. The lowest BCUT2D eigenvalue weighted by molar-refractivity contribution is -0.187. The van der Waals surface area contributed by atoms with Crippen molar-refractivity contribution in [3.05, 3.63) is 74.8 Å². The van der Waals surface area contributed by atoms with Gasteiger partial charge in [0.15, 0.2) is 0 Å². The highest BCUT2D eigenvalue weighted by Gasteiger charge is 2.57. The third-order valence-electron chi connectivity index (χ3n) is 5.55. The van der Waals surface area contributed by atoms with E-state index in [0.717, 1.165) is 11.1 Å². The molecule has 0 amide bonds. The van der Waals surface area contributed by atoms with Crippen LogP contribution in [-0.4, -0.2) is 6.18 Å². The molecule has 0 saturated heterocycles. The van der Waals surface area contributed by atoms with Gasteiger partial charge in [0.25, 0.3) is 0 Å². The van der Waals surface area contributed by atoms with Crippen molar-refractivity contribution in [3.8, 4) is 0 Å². The highest BCUT2D eigenvalue weighted by molar-refractivity contribution is 6.34. The summed E-state index contributed by atoms with van der Waals surface area (Å²) in [4.78, 5) is 0. The molecule has 150 valence electrons. The van der Waals surface area contributed by atoms with Crippen LogP contribution in [0.1, 0.15) is 55.9 Å². The Morgan fingerprint density at radius 2 is 1.54 bits per heavy atom. The maximum absolute atomic E-state index is 14.2. The molecule has 0 spiro atoms. The van der Waals surface area contributed by atoms with E-state index in [1.54, 1.807) is 6.08 Å². The summed E-state index contributed by atoms with van der Waals surface area (Å²) in [5, 5.41) is 0.426. The van der Waals surface area contributed by atoms with E-state index < -0.39 is 11.6 Å². The summed E-state index contributed by atoms with van der Waals surface area (Å²) in [5.74, 6) is 0. The van der Waals surface area contributed by atoms with E-state index in [1.807, 2.05) is 25.1 Å². The molecule has 0 fully saturated rings. The minimum absolute atomic E-state index is 0.0140. The Morgan fingerprint density at radius 3 is 2.04 bits per heavy atom. The summed E-state index contributed by atoms with van der Waals surface area (Å²) < 4.78 is 42.7. The number of aryl methyl sites for hydroxylation is 1. The zero-order chi connectivity index (χ0) is 20.9. The van der Waals surface area contributed by atoms with Crippen LogP contribution < -0.4 is 0 Å². The van der Waals surface area contributed by atoms with Crippen LogP contribution in [0.15, 0.2) is 42.5 Å². The first-order valence-electron chi connectivity index (χ1n) is 9.17. The van der Waals surface area contributed by atoms with Crippen LogP contribution >= 0.6 is 23.2 Å². The number of hydrogen-bond donors (Lipinski definition) is 0.